The Kier molecular flexibility index (Phi) is 3.97. The van der Waals surface area contributed by atoms with Crippen molar-refractivity contribution in [1.82, 2.24) is 4.98 Å². The summed E-state index contributed by atoms with van der Waals surface area (Å²) in [7, 11) is 0. The van der Waals surface area contributed by atoms with Gasteiger partial charge in [-0.2, -0.15) is 0 Å². The normalized spacial score (nSPS) is 33.8. The lowest BCUT2D eigenvalue weighted by atomic mass is 9.48. The van der Waals surface area contributed by atoms with E-state index in [2.05, 4.69) is 30.1 Å². The van der Waals surface area contributed by atoms with Gasteiger partial charge in [-0.15, -0.1) is 12.4 Å². The number of hydrogen-bond donors (Lipinski definition) is 2. The van der Waals surface area contributed by atoms with Crippen molar-refractivity contribution in [2.24, 2.45) is 23.5 Å². The summed E-state index contributed by atoms with van der Waals surface area (Å²) in [5, 5.41) is 1.43. The van der Waals surface area contributed by atoms with Crippen molar-refractivity contribution in [1.29, 1.82) is 0 Å². The first-order chi connectivity index (χ1) is 11.2. The average molecular weight is 345 g/mol. The zero-order valence-corrected chi connectivity index (χ0v) is 15.4. The first-order valence-electron chi connectivity index (χ1n) is 9.48. The van der Waals surface area contributed by atoms with Crippen LogP contribution in [0, 0.1) is 24.7 Å². The quantitative estimate of drug-likeness (QED) is 0.819. The lowest BCUT2D eigenvalue weighted by molar-refractivity contribution is -0.00513. The molecule has 130 valence electrons. The van der Waals surface area contributed by atoms with Gasteiger partial charge in [0.1, 0.15) is 0 Å². The maximum absolute atomic E-state index is 5.85. The van der Waals surface area contributed by atoms with E-state index in [4.69, 9.17) is 5.73 Å². The molecule has 0 aliphatic heterocycles. The van der Waals surface area contributed by atoms with Crippen LogP contribution in [0.4, 0.5) is 0 Å². The molecule has 3 heteroatoms. The SMILES string of the molecule is Cc1[nH]c2ccc(C34CC5CC(CC(C5)C3)C4)cc2c1CCN.Cl. The average Bonchev–Trinajstić information content (AvgIpc) is 2.82. The number of benzene rings is 1. The molecule has 4 saturated carbocycles. The molecule has 0 radical (unpaired) electrons. The Bertz CT molecular complexity index is 725. The molecule has 1 heterocycles. The van der Waals surface area contributed by atoms with E-state index in [9.17, 15) is 0 Å². The molecule has 0 spiro atoms. The minimum Gasteiger partial charge on any atom is -0.358 e. The predicted octanol–water partition coefficient (Wildman–Crippen LogP) is 4.87. The number of H-pyrrole nitrogens is 1. The van der Waals surface area contributed by atoms with Gasteiger partial charge in [0, 0.05) is 16.6 Å². The molecule has 0 atom stereocenters. The van der Waals surface area contributed by atoms with Crippen LogP contribution in [-0.4, -0.2) is 11.5 Å². The summed E-state index contributed by atoms with van der Waals surface area (Å²) in [5.74, 6) is 3.02. The van der Waals surface area contributed by atoms with E-state index in [0.29, 0.717) is 5.41 Å². The number of aryl methyl sites for hydroxylation is 1. The van der Waals surface area contributed by atoms with Gasteiger partial charge in [-0.25, -0.2) is 0 Å². The van der Waals surface area contributed by atoms with Gasteiger partial charge in [-0.05, 0) is 105 Å². The van der Waals surface area contributed by atoms with E-state index in [1.165, 1.54) is 60.7 Å². The number of rotatable bonds is 3. The van der Waals surface area contributed by atoms with Crippen molar-refractivity contribution in [2.45, 2.75) is 57.3 Å². The maximum Gasteiger partial charge on any atom is 0.0459 e. The summed E-state index contributed by atoms with van der Waals surface area (Å²) in [5.41, 5.74) is 12.0. The van der Waals surface area contributed by atoms with Crippen LogP contribution in [0.5, 0.6) is 0 Å². The van der Waals surface area contributed by atoms with Crippen molar-refractivity contribution in [3.05, 3.63) is 35.0 Å². The summed E-state index contributed by atoms with van der Waals surface area (Å²) in [6, 6.07) is 7.28. The van der Waals surface area contributed by atoms with Crippen LogP contribution >= 0.6 is 12.4 Å². The molecule has 1 aromatic carbocycles. The first kappa shape index (κ1) is 16.5. The van der Waals surface area contributed by atoms with E-state index in [0.717, 1.165) is 30.7 Å². The molecular formula is C21H29ClN2. The smallest absolute Gasteiger partial charge is 0.0459 e. The number of hydrogen-bond acceptors (Lipinski definition) is 1. The molecule has 6 rings (SSSR count). The van der Waals surface area contributed by atoms with Crippen molar-refractivity contribution >= 4 is 23.3 Å². The highest BCUT2D eigenvalue weighted by Gasteiger charge is 2.51. The molecule has 4 bridgehead atoms. The van der Waals surface area contributed by atoms with Gasteiger partial charge < -0.3 is 10.7 Å². The Morgan fingerprint density at radius 1 is 1.08 bits per heavy atom. The van der Waals surface area contributed by atoms with Crippen LogP contribution in [0.2, 0.25) is 0 Å². The summed E-state index contributed by atoms with van der Waals surface area (Å²) in [4.78, 5) is 3.56. The highest BCUT2D eigenvalue weighted by Crippen LogP contribution is 2.60. The molecule has 4 fully saturated rings. The van der Waals surface area contributed by atoms with Crippen LogP contribution in [0.15, 0.2) is 18.2 Å². The fraction of sp³-hybridized carbons (Fsp3) is 0.619. The maximum atomic E-state index is 5.85. The second kappa shape index (κ2) is 5.78. The molecular weight excluding hydrogens is 316 g/mol. The van der Waals surface area contributed by atoms with Crippen molar-refractivity contribution in [3.8, 4) is 0 Å². The third-order valence-electron chi connectivity index (χ3n) is 7.16. The van der Waals surface area contributed by atoms with Crippen molar-refractivity contribution in [2.75, 3.05) is 6.54 Å². The standard InChI is InChI=1S/C21H28N2.ClH/c1-13-18(4-5-22)19-9-17(2-3-20(19)23-13)21-10-14-6-15(11-21)8-16(7-14)12-21;/h2-3,9,14-16,23H,4-8,10-12,22H2,1H3;1H. The van der Waals surface area contributed by atoms with Crippen molar-refractivity contribution < 1.29 is 0 Å². The lowest BCUT2D eigenvalue weighted by Crippen LogP contribution is -2.48. The van der Waals surface area contributed by atoms with Crippen LogP contribution in [-0.2, 0) is 11.8 Å². The molecule has 1 aromatic heterocycles. The van der Waals surface area contributed by atoms with Gasteiger partial charge in [0.25, 0.3) is 0 Å². The second-order valence-corrected chi connectivity index (χ2v) is 8.73. The van der Waals surface area contributed by atoms with Crippen LogP contribution in [0.25, 0.3) is 10.9 Å². The highest BCUT2D eigenvalue weighted by atomic mass is 35.5. The van der Waals surface area contributed by atoms with E-state index >= 15 is 0 Å². The molecule has 3 N–H and O–H groups in total. The molecule has 0 unspecified atom stereocenters. The Morgan fingerprint density at radius 3 is 2.29 bits per heavy atom. The van der Waals surface area contributed by atoms with Crippen LogP contribution in [0.3, 0.4) is 0 Å². The molecule has 4 aliphatic rings. The van der Waals surface area contributed by atoms with E-state index < -0.39 is 0 Å². The molecule has 4 aliphatic carbocycles. The first-order valence-corrected chi connectivity index (χ1v) is 9.48. The summed E-state index contributed by atoms with van der Waals surface area (Å²) >= 11 is 0. The van der Waals surface area contributed by atoms with Gasteiger partial charge in [0.15, 0.2) is 0 Å². The Hall–Kier alpha value is -0.990. The summed E-state index contributed by atoms with van der Waals surface area (Å²) in [6.45, 7) is 2.92. The minimum absolute atomic E-state index is 0. The van der Waals surface area contributed by atoms with Gasteiger partial charge in [-0.1, -0.05) is 6.07 Å². The highest BCUT2D eigenvalue weighted by molar-refractivity contribution is 5.86. The molecule has 0 amide bonds. The largest absolute Gasteiger partial charge is 0.358 e. The molecule has 2 aromatic rings. The monoisotopic (exact) mass is 344 g/mol. The number of nitrogens with two attached hydrogens (primary N) is 1. The minimum atomic E-state index is 0. The molecule has 24 heavy (non-hydrogen) atoms. The number of halogens is 1. The second-order valence-electron chi connectivity index (χ2n) is 8.73. The fourth-order valence-corrected chi connectivity index (χ4v) is 6.64. The number of aromatic amines is 1. The zero-order valence-electron chi connectivity index (χ0n) is 14.6. The third-order valence-corrected chi connectivity index (χ3v) is 7.16. The fourth-order valence-electron chi connectivity index (χ4n) is 6.64. The molecule has 0 saturated heterocycles. The van der Waals surface area contributed by atoms with E-state index in [1.807, 2.05) is 0 Å². The summed E-state index contributed by atoms with van der Waals surface area (Å²) < 4.78 is 0. The Labute approximate surface area is 151 Å². The number of aromatic nitrogens is 1. The lowest BCUT2D eigenvalue weighted by Gasteiger charge is -2.57. The van der Waals surface area contributed by atoms with Crippen LogP contribution in [0.1, 0.15) is 55.3 Å². The van der Waals surface area contributed by atoms with E-state index in [-0.39, 0.29) is 12.4 Å². The van der Waals surface area contributed by atoms with Gasteiger partial charge in [0.05, 0.1) is 0 Å². The van der Waals surface area contributed by atoms with Crippen molar-refractivity contribution in [3.63, 3.8) is 0 Å². The summed E-state index contributed by atoms with van der Waals surface area (Å²) in [6.07, 6.45) is 9.87. The third kappa shape index (κ3) is 2.34. The Balaban J connectivity index is 0.00000146. The van der Waals surface area contributed by atoms with Gasteiger partial charge in [-0.3, -0.25) is 0 Å². The van der Waals surface area contributed by atoms with E-state index in [1.54, 1.807) is 5.56 Å². The number of fused-ring (bicyclic) bond motifs is 1. The number of nitrogens with one attached hydrogen (secondary N) is 1. The Morgan fingerprint density at radius 2 is 1.71 bits per heavy atom. The van der Waals surface area contributed by atoms with Gasteiger partial charge >= 0.3 is 0 Å². The van der Waals surface area contributed by atoms with Gasteiger partial charge in [0.2, 0.25) is 0 Å². The van der Waals surface area contributed by atoms with Crippen LogP contribution < -0.4 is 5.73 Å². The topological polar surface area (TPSA) is 41.8 Å². The zero-order chi connectivity index (χ0) is 15.6. The molecule has 2 nitrogen and oxygen atoms in total. The predicted molar refractivity (Wildman–Crippen MR) is 103 cm³/mol.